The van der Waals surface area contributed by atoms with Crippen molar-refractivity contribution in [1.82, 2.24) is 0 Å². The van der Waals surface area contributed by atoms with Gasteiger partial charge in [0, 0.05) is 24.0 Å². The molecule has 1 aromatic heterocycles. The minimum atomic E-state index is -0.629. The summed E-state index contributed by atoms with van der Waals surface area (Å²) in [6.45, 7) is 1.54. The summed E-state index contributed by atoms with van der Waals surface area (Å²) in [6, 6.07) is 8.85. The number of rotatable bonds is 5. The van der Waals surface area contributed by atoms with E-state index in [-0.39, 0.29) is 11.3 Å². The van der Waals surface area contributed by atoms with Crippen LogP contribution in [0.4, 0.5) is 16.4 Å². The van der Waals surface area contributed by atoms with Gasteiger partial charge in [0.25, 0.3) is 11.6 Å². The number of nitrogens with zero attached hydrogens (tertiary/aromatic N) is 4. The maximum absolute atomic E-state index is 12.8. The average Bonchev–Trinajstić information content (AvgIpc) is 3.19. The second-order valence-corrected chi connectivity index (χ2v) is 9.31. The first-order valence-corrected chi connectivity index (χ1v) is 11.8. The highest BCUT2D eigenvalue weighted by molar-refractivity contribution is 7.16. The van der Waals surface area contributed by atoms with Gasteiger partial charge in [-0.15, -0.1) is 11.3 Å². The van der Waals surface area contributed by atoms with Crippen molar-refractivity contribution in [2.45, 2.75) is 44.9 Å². The average molecular weight is 462 g/mol. The summed E-state index contributed by atoms with van der Waals surface area (Å²) in [5, 5.41) is 34.0. The van der Waals surface area contributed by atoms with Gasteiger partial charge in [-0.2, -0.15) is 10.5 Å². The number of fused-ring (bicyclic) bond motifs is 1. The Hall–Kier alpha value is -3.69. The molecule has 4 rings (SSSR count). The summed E-state index contributed by atoms with van der Waals surface area (Å²) in [6.07, 6.45) is 8.23. The first-order chi connectivity index (χ1) is 16.0. The number of aryl methyl sites for hydroxylation is 1. The van der Waals surface area contributed by atoms with Crippen LogP contribution in [0.2, 0.25) is 0 Å². The van der Waals surface area contributed by atoms with E-state index in [9.17, 15) is 25.4 Å². The molecule has 1 aliphatic carbocycles. The van der Waals surface area contributed by atoms with Crippen LogP contribution in [0.25, 0.3) is 6.08 Å². The Kier molecular flexibility index (Phi) is 6.71. The van der Waals surface area contributed by atoms with Crippen molar-refractivity contribution in [2.75, 3.05) is 23.3 Å². The van der Waals surface area contributed by atoms with E-state index >= 15 is 0 Å². The summed E-state index contributed by atoms with van der Waals surface area (Å²) in [5.41, 5.74) is 2.21. The Morgan fingerprint density at radius 3 is 2.61 bits per heavy atom. The van der Waals surface area contributed by atoms with Gasteiger partial charge in [0.1, 0.15) is 28.4 Å². The van der Waals surface area contributed by atoms with E-state index in [4.69, 9.17) is 0 Å². The Labute approximate surface area is 195 Å². The lowest BCUT2D eigenvalue weighted by Crippen LogP contribution is -2.29. The molecule has 1 fully saturated rings. The molecule has 0 saturated carbocycles. The molecule has 0 unspecified atom stereocenters. The zero-order valence-corrected chi connectivity index (χ0v) is 18.9. The number of nitro groups is 1. The summed E-state index contributed by atoms with van der Waals surface area (Å²) in [4.78, 5) is 27.2. The zero-order chi connectivity index (χ0) is 23.4. The Morgan fingerprint density at radius 2 is 1.91 bits per heavy atom. The van der Waals surface area contributed by atoms with Crippen molar-refractivity contribution in [3.8, 4) is 12.1 Å². The fourth-order valence-electron chi connectivity index (χ4n) is 4.44. The lowest BCUT2D eigenvalue weighted by atomic mass is 9.96. The molecular formula is C24H23N5O3S. The van der Waals surface area contributed by atoms with Crippen LogP contribution in [-0.4, -0.2) is 23.9 Å². The first kappa shape index (κ1) is 22.5. The maximum atomic E-state index is 12.8. The van der Waals surface area contributed by atoms with Crippen molar-refractivity contribution >= 4 is 39.7 Å². The molecule has 1 saturated heterocycles. The SMILES string of the molecule is N#C/C(=C/c1ccc(N2CCCCC2)c([N+](=O)[O-])c1)C(=O)Nc1sc2c(c1C#N)CCCC2. The van der Waals surface area contributed by atoms with Gasteiger partial charge in [-0.1, -0.05) is 6.07 Å². The smallest absolute Gasteiger partial charge is 0.293 e. The number of nitro benzene ring substituents is 1. The number of carbonyl (C=O) groups excluding carboxylic acids is 1. The number of benzene rings is 1. The number of nitriles is 2. The van der Waals surface area contributed by atoms with Gasteiger partial charge in [-0.05, 0) is 68.2 Å². The Balaban J connectivity index is 1.60. The van der Waals surface area contributed by atoms with Crippen molar-refractivity contribution < 1.29 is 9.72 Å². The summed E-state index contributed by atoms with van der Waals surface area (Å²) in [7, 11) is 0. The van der Waals surface area contributed by atoms with Gasteiger partial charge in [-0.3, -0.25) is 14.9 Å². The predicted octanol–water partition coefficient (Wildman–Crippen LogP) is 4.94. The molecule has 1 N–H and O–H groups in total. The van der Waals surface area contributed by atoms with Crippen molar-refractivity contribution in [1.29, 1.82) is 10.5 Å². The number of hydrogen-bond donors (Lipinski definition) is 1. The molecule has 1 aromatic carbocycles. The molecule has 33 heavy (non-hydrogen) atoms. The normalized spacial score (nSPS) is 15.8. The van der Waals surface area contributed by atoms with E-state index in [1.807, 2.05) is 11.0 Å². The van der Waals surface area contributed by atoms with Gasteiger partial charge in [0.2, 0.25) is 0 Å². The van der Waals surface area contributed by atoms with Crippen molar-refractivity contribution in [3.63, 3.8) is 0 Å². The standard InChI is InChI=1S/C24H23N5O3S/c25-14-17(23(30)27-24-19(15-26)18-6-2-3-7-22(18)33-24)12-16-8-9-20(21(13-16)29(31)32)28-10-4-1-5-11-28/h8-9,12-13H,1-7,10-11H2,(H,27,30)/b17-12-. The largest absolute Gasteiger partial charge is 0.366 e. The number of carbonyl (C=O) groups is 1. The van der Waals surface area contributed by atoms with Crippen LogP contribution in [0.3, 0.4) is 0 Å². The molecule has 2 aliphatic rings. The lowest BCUT2D eigenvalue weighted by molar-refractivity contribution is -0.384. The quantitative estimate of drug-likeness (QED) is 0.291. The molecule has 9 heteroatoms. The second kappa shape index (κ2) is 9.85. The van der Waals surface area contributed by atoms with Gasteiger partial charge < -0.3 is 10.2 Å². The molecule has 0 bridgehead atoms. The highest BCUT2D eigenvalue weighted by Crippen LogP contribution is 2.38. The third-order valence-corrected chi connectivity index (χ3v) is 7.29. The number of piperidine rings is 1. The predicted molar refractivity (Wildman–Crippen MR) is 127 cm³/mol. The van der Waals surface area contributed by atoms with Gasteiger partial charge in [-0.25, -0.2) is 0 Å². The van der Waals surface area contributed by atoms with Crippen LogP contribution in [-0.2, 0) is 17.6 Å². The first-order valence-electron chi connectivity index (χ1n) is 11.0. The van der Waals surface area contributed by atoms with Gasteiger partial charge in [0.05, 0.1) is 10.5 Å². The van der Waals surface area contributed by atoms with Crippen molar-refractivity contribution in [3.05, 3.63) is 55.5 Å². The summed E-state index contributed by atoms with van der Waals surface area (Å²) in [5.74, 6) is -0.629. The number of hydrogen-bond acceptors (Lipinski definition) is 7. The molecule has 8 nitrogen and oxygen atoms in total. The second-order valence-electron chi connectivity index (χ2n) is 8.20. The molecule has 0 atom stereocenters. The number of nitrogens with one attached hydrogen (secondary N) is 1. The van der Waals surface area contributed by atoms with Crippen LogP contribution in [0.5, 0.6) is 0 Å². The molecule has 1 aliphatic heterocycles. The monoisotopic (exact) mass is 461 g/mol. The van der Waals surface area contributed by atoms with Crippen LogP contribution in [0.1, 0.15) is 53.7 Å². The minimum Gasteiger partial charge on any atom is -0.366 e. The third kappa shape index (κ3) is 4.74. The van der Waals surface area contributed by atoms with Crippen LogP contribution in [0.15, 0.2) is 23.8 Å². The van der Waals surface area contributed by atoms with Gasteiger partial charge in [0.15, 0.2) is 0 Å². The summed E-state index contributed by atoms with van der Waals surface area (Å²) >= 11 is 1.39. The lowest BCUT2D eigenvalue weighted by Gasteiger charge is -2.28. The number of anilines is 2. The van der Waals surface area contributed by atoms with E-state index in [2.05, 4.69) is 11.4 Å². The van der Waals surface area contributed by atoms with E-state index in [1.54, 1.807) is 12.1 Å². The number of thiophene rings is 1. The fourth-order valence-corrected chi connectivity index (χ4v) is 5.67. The molecule has 1 amide bonds. The highest BCUT2D eigenvalue weighted by Gasteiger charge is 2.24. The molecule has 0 radical (unpaired) electrons. The zero-order valence-electron chi connectivity index (χ0n) is 18.1. The molecule has 0 spiro atoms. The van der Waals surface area contributed by atoms with E-state index in [1.165, 1.54) is 23.5 Å². The highest BCUT2D eigenvalue weighted by atomic mass is 32.1. The fraction of sp³-hybridized carbons (Fsp3) is 0.375. The van der Waals surface area contributed by atoms with Crippen LogP contribution < -0.4 is 10.2 Å². The van der Waals surface area contributed by atoms with E-state index in [0.29, 0.717) is 21.8 Å². The van der Waals surface area contributed by atoms with Crippen LogP contribution in [0, 0.1) is 32.8 Å². The third-order valence-electron chi connectivity index (χ3n) is 6.08. The topological polar surface area (TPSA) is 123 Å². The Morgan fingerprint density at radius 1 is 1.15 bits per heavy atom. The molecular weight excluding hydrogens is 438 g/mol. The summed E-state index contributed by atoms with van der Waals surface area (Å²) < 4.78 is 0. The minimum absolute atomic E-state index is 0.0407. The van der Waals surface area contributed by atoms with E-state index in [0.717, 1.165) is 68.5 Å². The van der Waals surface area contributed by atoms with E-state index < -0.39 is 10.8 Å². The molecule has 2 heterocycles. The van der Waals surface area contributed by atoms with Crippen molar-refractivity contribution in [2.24, 2.45) is 0 Å². The Bertz CT molecular complexity index is 1210. The number of amides is 1. The van der Waals surface area contributed by atoms with Crippen LogP contribution >= 0.6 is 11.3 Å². The van der Waals surface area contributed by atoms with Gasteiger partial charge >= 0.3 is 0 Å². The molecule has 168 valence electrons. The molecule has 2 aromatic rings. The maximum Gasteiger partial charge on any atom is 0.293 e.